The van der Waals surface area contributed by atoms with Crippen LogP contribution in [0.1, 0.15) is 0 Å². The van der Waals surface area contributed by atoms with Gasteiger partial charge in [-0.2, -0.15) is 0 Å². The number of hydrogen-bond donors (Lipinski definition) is 0. The average molecular weight is 601 g/mol. The van der Waals surface area contributed by atoms with Crippen LogP contribution in [0.25, 0.3) is 30.3 Å². The van der Waals surface area contributed by atoms with E-state index < -0.39 is 0 Å². The molecule has 6 heteroatoms. The minimum atomic E-state index is -0.233. The van der Waals surface area contributed by atoms with Crippen LogP contribution in [0, 0.1) is 5.82 Å². The molecule has 0 atom stereocenters. The first-order chi connectivity index (χ1) is 21.7. The molecule has 0 amide bonds. The van der Waals surface area contributed by atoms with Crippen molar-refractivity contribution in [3.05, 3.63) is 139 Å². The maximum Gasteiger partial charge on any atom is 0.252 e. The van der Waals surface area contributed by atoms with Crippen molar-refractivity contribution in [2.24, 2.45) is 0 Å². The van der Waals surface area contributed by atoms with Crippen molar-refractivity contribution in [2.75, 3.05) is 9.80 Å². The highest BCUT2D eigenvalue weighted by atomic mass is 32.1. The van der Waals surface area contributed by atoms with Crippen molar-refractivity contribution >= 4 is 110 Å². The number of anilines is 6. The number of nitrogens with zero attached hydrogens (tertiary/aromatic N) is 2. The molecule has 0 spiro atoms. The topological polar surface area (TPSA) is 6.48 Å². The molecule has 0 bridgehead atoms. The van der Waals surface area contributed by atoms with Gasteiger partial charge in [0.15, 0.2) is 0 Å². The van der Waals surface area contributed by atoms with E-state index >= 15 is 4.39 Å². The van der Waals surface area contributed by atoms with E-state index in [0.29, 0.717) is 5.69 Å². The van der Waals surface area contributed by atoms with Gasteiger partial charge in [-0.1, -0.05) is 66.7 Å². The Morgan fingerprint density at radius 2 is 1.23 bits per heavy atom. The second-order valence-electron chi connectivity index (χ2n) is 11.5. The minimum absolute atomic E-state index is 0.0125. The number of benzene rings is 6. The number of thiophene rings is 2. The lowest BCUT2D eigenvalue weighted by molar-refractivity contribution is 0.629. The van der Waals surface area contributed by atoms with Crippen molar-refractivity contribution in [3.8, 4) is 0 Å². The predicted octanol–water partition coefficient (Wildman–Crippen LogP) is 9.49. The van der Waals surface area contributed by atoms with Gasteiger partial charge in [0.05, 0.1) is 5.69 Å². The van der Waals surface area contributed by atoms with Gasteiger partial charge in [0.25, 0.3) is 6.71 Å². The van der Waals surface area contributed by atoms with E-state index in [1.165, 1.54) is 52.3 Å². The Labute approximate surface area is 261 Å². The first kappa shape index (κ1) is 24.5. The van der Waals surface area contributed by atoms with Gasteiger partial charge in [0, 0.05) is 47.9 Å². The second kappa shape index (κ2) is 9.05. The standard InChI is InChI=1S/C38H22BFN2S2/c40-29-12-5-6-13-30(29)42-32-15-8-14-31-38(32)39(27-19-23-17-18-43-36(23)21-34(27)42)28-20-26-25-11-4-7-16-35(25)44-37(26)22-33(28)41(31)24-9-2-1-3-10-24/h1-22H. The number of fused-ring (bicyclic) bond motifs is 8. The summed E-state index contributed by atoms with van der Waals surface area (Å²) in [5.41, 5.74) is 9.72. The van der Waals surface area contributed by atoms with E-state index in [0.717, 1.165) is 22.7 Å². The van der Waals surface area contributed by atoms with Crippen molar-refractivity contribution in [1.82, 2.24) is 0 Å². The Hall–Kier alpha value is -4.91. The SMILES string of the molecule is Fc1ccccc1N1c2cc3sccc3cc2B2c3cc4c(cc3N(c3ccccc3)c3cccc1c32)sc1ccccc14. The quantitative estimate of drug-likeness (QED) is 0.182. The van der Waals surface area contributed by atoms with Gasteiger partial charge >= 0.3 is 0 Å². The highest BCUT2D eigenvalue weighted by Gasteiger charge is 2.44. The Morgan fingerprint density at radius 1 is 0.523 bits per heavy atom. The molecule has 8 aromatic rings. The fraction of sp³-hybridized carbons (Fsp3) is 0. The van der Waals surface area contributed by atoms with Crippen LogP contribution in [-0.2, 0) is 0 Å². The molecule has 2 aliphatic rings. The van der Waals surface area contributed by atoms with Crippen molar-refractivity contribution in [1.29, 1.82) is 0 Å². The minimum Gasteiger partial charge on any atom is -0.311 e. The van der Waals surface area contributed by atoms with E-state index in [1.807, 2.05) is 23.5 Å². The number of hydrogen-bond acceptors (Lipinski definition) is 4. The average Bonchev–Trinajstić information content (AvgIpc) is 3.67. The van der Waals surface area contributed by atoms with Crippen molar-refractivity contribution < 1.29 is 4.39 Å². The fourth-order valence-electron chi connectivity index (χ4n) is 7.36. The number of rotatable bonds is 2. The lowest BCUT2D eigenvalue weighted by atomic mass is 9.33. The maximum absolute atomic E-state index is 15.7. The van der Waals surface area contributed by atoms with Crippen LogP contribution < -0.4 is 26.2 Å². The largest absolute Gasteiger partial charge is 0.311 e. The van der Waals surface area contributed by atoms with Gasteiger partial charge in [-0.3, -0.25) is 0 Å². The molecule has 0 N–H and O–H groups in total. The zero-order valence-corrected chi connectivity index (χ0v) is 25.0. The summed E-state index contributed by atoms with van der Waals surface area (Å²) in [7, 11) is 0. The molecule has 10 rings (SSSR count). The van der Waals surface area contributed by atoms with Crippen LogP contribution in [0.15, 0.2) is 133 Å². The number of halogens is 1. The Bertz CT molecular complexity index is 2450. The predicted molar refractivity (Wildman–Crippen MR) is 189 cm³/mol. The summed E-state index contributed by atoms with van der Waals surface area (Å²) in [4.78, 5) is 4.55. The summed E-state index contributed by atoms with van der Waals surface area (Å²) in [5, 5.41) is 5.94. The zero-order valence-electron chi connectivity index (χ0n) is 23.4. The summed E-state index contributed by atoms with van der Waals surface area (Å²) in [6.07, 6.45) is 0. The third-order valence-electron chi connectivity index (χ3n) is 9.17. The zero-order chi connectivity index (χ0) is 28.9. The molecule has 2 nitrogen and oxygen atoms in total. The molecule has 0 saturated carbocycles. The van der Waals surface area contributed by atoms with Gasteiger partial charge in [0.2, 0.25) is 0 Å². The molecule has 2 aromatic heterocycles. The van der Waals surface area contributed by atoms with Crippen LogP contribution in [-0.4, -0.2) is 6.71 Å². The molecule has 206 valence electrons. The van der Waals surface area contributed by atoms with Crippen molar-refractivity contribution in [3.63, 3.8) is 0 Å². The van der Waals surface area contributed by atoms with Crippen molar-refractivity contribution in [2.45, 2.75) is 0 Å². The molecule has 0 aliphatic carbocycles. The van der Waals surface area contributed by atoms with Crippen LogP contribution in [0.5, 0.6) is 0 Å². The van der Waals surface area contributed by atoms with Crippen LogP contribution in [0.4, 0.5) is 38.5 Å². The van der Waals surface area contributed by atoms with Crippen LogP contribution >= 0.6 is 22.7 Å². The van der Waals surface area contributed by atoms with Gasteiger partial charge in [-0.15, -0.1) is 22.7 Å². The molecular formula is C38H22BFN2S2. The Morgan fingerprint density at radius 3 is 2.11 bits per heavy atom. The molecule has 4 heterocycles. The van der Waals surface area contributed by atoms with Gasteiger partial charge in [0.1, 0.15) is 5.82 Å². The van der Waals surface area contributed by atoms with Gasteiger partial charge < -0.3 is 9.80 Å². The van der Waals surface area contributed by atoms with Crippen LogP contribution in [0.2, 0.25) is 0 Å². The van der Waals surface area contributed by atoms with E-state index in [2.05, 4.69) is 118 Å². The third-order valence-corrected chi connectivity index (χ3v) is 11.2. The first-order valence-electron chi connectivity index (χ1n) is 14.7. The molecule has 0 fully saturated rings. The summed E-state index contributed by atoms with van der Waals surface area (Å²) in [5.74, 6) is -0.233. The second-order valence-corrected chi connectivity index (χ2v) is 13.5. The summed E-state index contributed by atoms with van der Waals surface area (Å²) in [6.45, 7) is -0.0125. The molecule has 0 unspecified atom stereocenters. The molecule has 2 aliphatic heterocycles. The highest BCUT2D eigenvalue weighted by molar-refractivity contribution is 7.26. The summed E-state index contributed by atoms with van der Waals surface area (Å²) in [6, 6.07) is 44.6. The summed E-state index contributed by atoms with van der Waals surface area (Å²) >= 11 is 3.58. The lowest BCUT2D eigenvalue weighted by Gasteiger charge is -2.44. The number of para-hydroxylation sites is 2. The molecule has 44 heavy (non-hydrogen) atoms. The lowest BCUT2D eigenvalue weighted by Crippen LogP contribution is -2.61. The van der Waals surface area contributed by atoms with E-state index in [1.54, 1.807) is 23.5 Å². The first-order valence-corrected chi connectivity index (χ1v) is 16.4. The Kier molecular flexibility index (Phi) is 5.05. The monoisotopic (exact) mass is 600 g/mol. The Balaban J connectivity index is 1.36. The van der Waals surface area contributed by atoms with E-state index in [9.17, 15) is 0 Å². The third kappa shape index (κ3) is 3.30. The molecule has 0 saturated heterocycles. The van der Waals surface area contributed by atoms with Gasteiger partial charge in [-0.05, 0) is 93.2 Å². The fourth-order valence-corrected chi connectivity index (χ4v) is 9.28. The molecule has 0 radical (unpaired) electrons. The summed E-state index contributed by atoms with van der Waals surface area (Å²) < 4.78 is 19.5. The van der Waals surface area contributed by atoms with E-state index in [-0.39, 0.29) is 12.5 Å². The highest BCUT2D eigenvalue weighted by Crippen LogP contribution is 2.46. The normalized spacial score (nSPS) is 13.4. The molecular weight excluding hydrogens is 578 g/mol. The van der Waals surface area contributed by atoms with Crippen LogP contribution in [0.3, 0.4) is 0 Å². The molecule has 6 aromatic carbocycles. The maximum atomic E-state index is 15.7. The van der Waals surface area contributed by atoms with Gasteiger partial charge in [-0.25, -0.2) is 4.39 Å². The smallest absolute Gasteiger partial charge is 0.252 e. The van der Waals surface area contributed by atoms with E-state index in [4.69, 9.17) is 0 Å².